The predicted octanol–water partition coefficient (Wildman–Crippen LogP) is 5.05. The molecule has 4 rings (SSSR count). The molecule has 0 unspecified atom stereocenters. The van der Waals surface area contributed by atoms with E-state index in [1.165, 1.54) is 22.0 Å². The minimum atomic E-state index is -2.35. The van der Waals surface area contributed by atoms with Crippen LogP contribution < -0.4 is 15.9 Å². The predicted molar refractivity (Wildman–Crippen MR) is 117 cm³/mol. The molecule has 0 aliphatic rings. The third kappa shape index (κ3) is 3.56. The van der Waals surface area contributed by atoms with Gasteiger partial charge in [0.05, 0.1) is 0 Å². The summed E-state index contributed by atoms with van der Waals surface area (Å²) >= 11 is 0. The summed E-state index contributed by atoms with van der Waals surface area (Å²) in [4.78, 5) is 0. The average molecular weight is 372 g/mol. The van der Waals surface area contributed by atoms with Gasteiger partial charge in [0.15, 0.2) is 0 Å². The molecule has 0 atom stereocenters. The van der Waals surface area contributed by atoms with Crippen LogP contribution in [-0.4, -0.2) is 0 Å². The zero-order valence-electron chi connectivity index (χ0n) is 15.1. The molecule has 2 heteroatoms. The van der Waals surface area contributed by atoms with E-state index in [0.29, 0.717) is 0 Å². The van der Waals surface area contributed by atoms with Crippen LogP contribution in [0.5, 0.6) is 0 Å². The summed E-state index contributed by atoms with van der Waals surface area (Å²) in [6.45, 7) is 0. The van der Waals surface area contributed by atoms with Crippen LogP contribution in [-0.2, 0) is 6.16 Å². The normalized spacial score (nSPS) is 11.9. The Labute approximate surface area is 160 Å². The summed E-state index contributed by atoms with van der Waals surface area (Å²) in [6.07, 6.45) is 0.822. The van der Waals surface area contributed by atoms with Gasteiger partial charge in [0.25, 0.3) is 0 Å². The third-order valence-corrected chi connectivity index (χ3v) is 10.1. The Morgan fingerprint density at radius 3 is 1.37 bits per heavy atom. The number of hydrogen-bond donors (Lipinski definition) is 0. The topological polar surface area (TPSA) is 0 Å². The van der Waals surface area contributed by atoms with Crippen molar-refractivity contribution in [3.8, 4) is 0 Å². The minimum absolute atomic E-state index is 0.176. The zero-order chi connectivity index (χ0) is 18.5. The van der Waals surface area contributed by atoms with Gasteiger partial charge in [0.2, 0.25) is 0 Å². The van der Waals surface area contributed by atoms with Crippen LogP contribution in [0.15, 0.2) is 115 Å². The summed E-state index contributed by atoms with van der Waals surface area (Å²) in [5.74, 6) is -0.176. The first-order chi connectivity index (χ1) is 13.3. The standard InChI is InChI=1S/C25H22FP/c26-22-12-10-11-21(19-22)20-27(23-13-4-1-5-14-23,24-15-6-2-7-16-24)25-17-8-3-9-18-25/h1-19,27H,20H2. The van der Waals surface area contributed by atoms with Crippen molar-refractivity contribution in [2.75, 3.05) is 0 Å². The number of rotatable bonds is 5. The monoisotopic (exact) mass is 372 g/mol. The van der Waals surface area contributed by atoms with Crippen LogP contribution in [0.25, 0.3) is 0 Å². The molecule has 0 heterocycles. The molecular formula is C25H22FP. The molecule has 27 heavy (non-hydrogen) atoms. The quantitative estimate of drug-likeness (QED) is 0.430. The van der Waals surface area contributed by atoms with E-state index in [1.807, 2.05) is 12.1 Å². The van der Waals surface area contributed by atoms with Gasteiger partial charge >= 0.3 is 160 Å². The van der Waals surface area contributed by atoms with Gasteiger partial charge in [-0.25, -0.2) is 0 Å². The second-order valence-electron chi connectivity index (χ2n) is 6.81. The van der Waals surface area contributed by atoms with Crippen molar-refractivity contribution in [1.82, 2.24) is 0 Å². The van der Waals surface area contributed by atoms with Gasteiger partial charge in [0, 0.05) is 0 Å². The van der Waals surface area contributed by atoms with E-state index < -0.39 is 7.26 Å². The van der Waals surface area contributed by atoms with Gasteiger partial charge in [-0.1, -0.05) is 0 Å². The van der Waals surface area contributed by atoms with E-state index in [-0.39, 0.29) is 5.82 Å². The van der Waals surface area contributed by atoms with Crippen molar-refractivity contribution < 1.29 is 4.39 Å². The molecule has 0 N–H and O–H groups in total. The Bertz CT molecular complexity index is 901. The molecule has 0 saturated carbocycles. The molecule has 134 valence electrons. The van der Waals surface area contributed by atoms with Gasteiger partial charge in [-0.2, -0.15) is 0 Å². The Balaban J connectivity index is 2.00. The first-order valence-electron chi connectivity index (χ1n) is 9.20. The fourth-order valence-corrected chi connectivity index (χ4v) is 8.66. The molecule has 0 fully saturated rings. The molecule has 0 amide bonds. The van der Waals surface area contributed by atoms with Crippen LogP contribution in [0.2, 0.25) is 0 Å². The molecular weight excluding hydrogens is 350 g/mol. The average Bonchev–Trinajstić information content (AvgIpc) is 2.74. The molecule has 0 radical (unpaired) electrons. The molecule has 0 aliphatic carbocycles. The van der Waals surface area contributed by atoms with Crippen molar-refractivity contribution in [2.45, 2.75) is 6.16 Å². The van der Waals surface area contributed by atoms with Crippen LogP contribution in [0.1, 0.15) is 5.56 Å². The van der Waals surface area contributed by atoms with Crippen LogP contribution in [0.3, 0.4) is 0 Å². The van der Waals surface area contributed by atoms with Gasteiger partial charge in [0.1, 0.15) is 0 Å². The van der Waals surface area contributed by atoms with Crippen molar-refractivity contribution in [1.29, 1.82) is 0 Å². The molecule has 0 bridgehead atoms. The van der Waals surface area contributed by atoms with E-state index in [0.717, 1.165) is 11.7 Å². The van der Waals surface area contributed by atoms with Gasteiger partial charge < -0.3 is 0 Å². The number of benzene rings is 4. The van der Waals surface area contributed by atoms with Crippen molar-refractivity contribution in [3.63, 3.8) is 0 Å². The summed E-state index contributed by atoms with van der Waals surface area (Å²) in [6, 6.07) is 39.2. The fraction of sp³-hybridized carbons (Fsp3) is 0.0400. The van der Waals surface area contributed by atoms with E-state index in [2.05, 4.69) is 91.0 Å². The van der Waals surface area contributed by atoms with Crippen LogP contribution in [0, 0.1) is 5.82 Å². The summed E-state index contributed by atoms with van der Waals surface area (Å²) in [7, 11) is -2.35. The molecule has 0 spiro atoms. The summed E-state index contributed by atoms with van der Waals surface area (Å²) in [5.41, 5.74) is 1.04. The van der Waals surface area contributed by atoms with Gasteiger partial charge in [-0.3, -0.25) is 0 Å². The summed E-state index contributed by atoms with van der Waals surface area (Å²) < 4.78 is 14.0. The Morgan fingerprint density at radius 2 is 0.963 bits per heavy atom. The first-order valence-corrected chi connectivity index (χ1v) is 11.4. The maximum atomic E-state index is 14.0. The van der Waals surface area contributed by atoms with Crippen LogP contribution in [0.4, 0.5) is 4.39 Å². The fourth-order valence-electron chi connectivity index (χ4n) is 3.93. The SMILES string of the molecule is Fc1cccc(C[PH](c2ccccc2)(c2ccccc2)c2ccccc2)c1. The molecule has 0 aliphatic heterocycles. The van der Waals surface area contributed by atoms with E-state index in [9.17, 15) is 4.39 Å². The summed E-state index contributed by atoms with van der Waals surface area (Å²) in [5, 5.41) is 4.02. The van der Waals surface area contributed by atoms with Crippen molar-refractivity contribution in [2.24, 2.45) is 0 Å². The second kappa shape index (κ2) is 7.86. The number of halogens is 1. The Kier molecular flexibility index (Phi) is 5.14. The van der Waals surface area contributed by atoms with E-state index in [1.54, 1.807) is 6.07 Å². The van der Waals surface area contributed by atoms with Crippen molar-refractivity contribution >= 4 is 23.2 Å². The van der Waals surface area contributed by atoms with E-state index in [4.69, 9.17) is 0 Å². The van der Waals surface area contributed by atoms with Crippen molar-refractivity contribution in [3.05, 3.63) is 127 Å². The van der Waals surface area contributed by atoms with Gasteiger partial charge in [-0.05, 0) is 0 Å². The van der Waals surface area contributed by atoms with Gasteiger partial charge in [-0.15, -0.1) is 0 Å². The molecule has 4 aromatic rings. The Hall–Kier alpha value is -2.76. The molecule has 4 aromatic carbocycles. The molecule has 0 nitrogen and oxygen atoms in total. The Morgan fingerprint density at radius 1 is 0.519 bits per heavy atom. The van der Waals surface area contributed by atoms with Crippen LogP contribution >= 0.6 is 7.26 Å². The second-order valence-corrected chi connectivity index (χ2v) is 10.7. The molecule has 0 aromatic heterocycles. The zero-order valence-corrected chi connectivity index (χ0v) is 16.1. The van der Waals surface area contributed by atoms with E-state index >= 15 is 0 Å². The first kappa shape index (κ1) is 17.6. The number of hydrogen-bond acceptors (Lipinski definition) is 0. The molecule has 0 saturated heterocycles. The maximum absolute atomic E-state index is 14.0. The third-order valence-electron chi connectivity index (χ3n) is 5.16.